The summed E-state index contributed by atoms with van der Waals surface area (Å²) in [6.45, 7) is 1.74. The molecule has 0 aromatic heterocycles. The van der Waals surface area contributed by atoms with Gasteiger partial charge in [-0.3, -0.25) is 0 Å². The molecule has 0 bridgehead atoms. The molecule has 0 aliphatic rings. The molecule has 0 aliphatic heterocycles. The van der Waals surface area contributed by atoms with Crippen LogP contribution in [0.4, 0.5) is 0 Å². The lowest BCUT2D eigenvalue weighted by molar-refractivity contribution is 0.576. The predicted molar refractivity (Wildman–Crippen MR) is 51.8 cm³/mol. The maximum atomic E-state index is 11.4. The van der Waals surface area contributed by atoms with E-state index in [4.69, 9.17) is 11.2 Å². The minimum absolute atomic E-state index is 0.433. The van der Waals surface area contributed by atoms with Crippen LogP contribution in [0.3, 0.4) is 0 Å². The normalized spacial score (nSPS) is 17.3. The summed E-state index contributed by atoms with van der Waals surface area (Å²) in [5, 5.41) is 0.737. The summed E-state index contributed by atoms with van der Waals surface area (Å²) >= 11 is 8.98. The van der Waals surface area contributed by atoms with Crippen LogP contribution in [0.25, 0.3) is 0 Å². The molecule has 0 aromatic rings. The highest BCUT2D eigenvalue weighted by atomic mass is 79.9. The van der Waals surface area contributed by atoms with Crippen molar-refractivity contribution in [1.29, 1.82) is 0 Å². The molecule has 0 fully saturated rings. The monoisotopic (exact) mass is 246 g/mol. The quantitative estimate of drug-likeness (QED) is 0.548. The summed E-state index contributed by atoms with van der Waals surface area (Å²) in [5.41, 5.74) is 0. The number of halogens is 2. The maximum Gasteiger partial charge on any atom is 0.170 e. The maximum absolute atomic E-state index is 11.4. The molecule has 0 N–H and O–H groups in total. The van der Waals surface area contributed by atoms with Crippen LogP contribution < -0.4 is 0 Å². The van der Waals surface area contributed by atoms with Gasteiger partial charge in [-0.1, -0.05) is 41.0 Å². The highest BCUT2D eigenvalue weighted by molar-refractivity contribution is 9.09. The molecule has 0 aliphatic carbocycles. The molecule has 1 nitrogen and oxygen atoms in total. The number of alkyl halides is 1. The second-order valence-corrected chi connectivity index (χ2v) is 7.81. The van der Waals surface area contributed by atoms with Crippen molar-refractivity contribution in [3.8, 4) is 0 Å². The first-order chi connectivity index (χ1) is 4.48. The third kappa shape index (κ3) is 5.76. The summed E-state index contributed by atoms with van der Waals surface area (Å²) in [4.78, 5) is 0. The van der Waals surface area contributed by atoms with Crippen LogP contribution in [0, 0.1) is 5.92 Å². The van der Waals surface area contributed by atoms with Gasteiger partial charge in [0.2, 0.25) is 0 Å². The van der Waals surface area contributed by atoms with Crippen LogP contribution in [-0.2, 0) is 4.57 Å². The third-order valence-corrected chi connectivity index (χ3v) is 5.15. The van der Waals surface area contributed by atoms with E-state index >= 15 is 0 Å². The van der Waals surface area contributed by atoms with Crippen LogP contribution in [0.2, 0.25) is 0 Å². The fourth-order valence-electron chi connectivity index (χ4n) is 0.763. The number of hydrogen-bond donors (Lipinski definition) is 0. The highest BCUT2D eigenvalue weighted by Gasteiger charge is 2.18. The minimum Gasteiger partial charge on any atom is -0.307 e. The van der Waals surface area contributed by atoms with Gasteiger partial charge in [-0.25, -0.2) is 0 Å². The van der Waals surface area contributed by atoms with Crippen LogP contribution in [-0.4, -0.2) is 17.7 Å². The second kappa shape index (κ2) is 4.79. The Morgan fingerprint density at radius 2 is 2.10 bits per heavy atom. The molecule has 0 aromatic carbocycles. The van der Waals surface area contributed by atoms with Crippen molar-refractivity contribution in [3.05, 3.63) is 0 Å². The first-order valence-corrected chi connectivity index (χ1v) is 7.42. The molecule has 62 valence electrons. The molecule has 0 heterocycles. The van der Waals surface area contributed by atoms with Gasteiger partial charge in [-0.2, -0.15) is 0 Å². The summed E-state index contributed by atoms with van der Waals surface area (Å²) in [6.07, 6.45) is 1.26. The van der Waals surface area contributed by atoms with Gasteiger partial charge in [0.05, 0.1) is 0 Å². The molecule has 0 amide bonds. The Balaban J connectivity index is 3.75. The first-order valence-electron chi connectivity index (χ1n) is 3.31. The van der Waals surface area contributed by atoms with Crippen molar-refractivity contribution in [2.75, 3.05) is 17.7 Å². The first kappa shape index (κ1) is 11.0. The molecule has 0 spiro atoms. The Labute approximate surface area is 75.8 Å². The van der Waals surface area contributed by atoms with E-state index in [1.54, 1.807) is 0 Å². The smallest absolute Gasteiger partial charge is 0.170 e. The summed E-state index contributed by atoms with van der Waals surface area (Å²) in [5.74, 6) is 0.433. The van der Waals surface area contributed by atoms with E-state index in [2.05, 4.69) is 15.9 Å². The van der Waals surface area contributed by atoms with Crippen LogP contribution in [0.1, 0.15) is 13.8 Å². The lowest BCUT2D eigenvalue weighted by Crippen LogP contribution is -1.97. The third-order valence-electron chi connectivity index (χ3n) is 1.06. The van der Waals surface area contributed by atoms with E-state index in [0.717, 1.165) is 5.33 Å². The highest BCUT2D eigenvalue weighted by Crippen LogP contribution is 2.52. The molecule has 0 saturated heterocycles. The van der Waals surface area contributed by atoms with Gasteiger partial charge in [-0.05, 0) is 5.92 Å². The Morgan fingerprint density at radius 1 is 1.60 bits per heavy atom. The summed E-state index contributed by atoms with van der Waals surface area (Å²) in [7, 11) is 0. The van der Waals surface area contributed by atoms with E-state index < -0.39 is 6.49 Å². The Bertz CT molecular complexity index is 138. The Hall–Kier alpha value is 1.00. The van der Waals surface area contributed by atoms with E-state index in [1.807, 2.05) is 13.8 Å². The van der Waals surface area contributed by atoms with Gasteiger partial charge in [0.25, 0.3) is 0 Å². The van der Waals surface area contributed by atoms with Crippen LogP contribution in [0.5, 0.6) is 0 Å². The van der Waals surface area contributed by atoms with Gasteiger partial charge < -0.3 is 4.57 Å². The van der Waals surface area contributed by atoms with Crippen molar-refractivity contribution >= 4 is 33.7 Å². The fourth-order valence-corrected chi connectivity index (χ4v) is 5.70. The Morgan fingerprint density at radius 3 is 2.40 bits per heavy atom. The van der Waals surface area contributed by atoms with Crippen molar-refractivity contribution < 1.29 is 4.57 Å². The van der Waals surface area contributed by atoms with E-state index in [1.165, 1.54) is 0 Å². The predicted octanol–water partition coefficient (Wildman–Crippen LogP) is 3.55. The van der Waals surface area contributed by atoms with Crippen molar-refractivity contribution in [1.82, 2.24) is 0 Å². The summed E-state index contributed by atoms with van der Waals surface area (Å²) in [6, 6.07) is 0. The molecule has 0 saturated carbocycles. The molecule has 1 unspecified atom stereocenters. The second-order valence-electron chi connectivity index (χ2n) is 2.78. The molecule has 4 heteroatoms. The standard InChI is InChI=1S/C6H13BrClOP/c1-6(2)5-10(8,9)4-3-7/h6H,3-5H2,1-2H3. The molecule has 0 radical (unpaired) electrons. The van der Waals surface area contributed by atoms with Crippen molar-refractivity contribution in [2.24, 2.45) is 5.92 Å². The lowest BCUT2D eigenvalue weighted by Gasteiger charge is -2.10. The van der Waals surface area contributed by atoms with Gasteiger partial charge in [-0.15, -0.1) is 0 Å². The molecular formula is C6H13BrClOP. The largest absolute Gasteiger partial charge is 0.307 e. The van der Waals surface area contributed by atoms with Crippen molar-refractivity contribution in [2.45, 2.75) is 13.8 Å². The minimum atomic E-state index is -2.32. The molecular weight excluding hydrogens is 234 g/mol. The van der Waals surface area contributed by atoms with Gasteiger partial charge in [0.1, 0.15) is 0 Å². The van der Waals surface area contributed by atoms with E-state index in [9.17, 15) is 4.57 Å². The Kier molecular flexibility index (Phi) is 5.27. The zero-order valence-corrected chi connectivity index (χ0v) is 9.55. The average Bonchev–Trinajstić information content (AvgIpc) is 1.59. The molecule has 0 rings (SSSR count). The van der Waals surface area contributed by atoms with E-state index in [-0.39, 0.29) is 0 Å². The van der Waals surface area contributed by atoms with E-state index in [0.29, 0.717) is 18.2 Å². The zero-order chi connectivity index (χ0) is 8.20. The fraction of sp³-hybridized carbons (Fsp3) is 1.00. The van der Waals surface area contributed by atoms with Gasteiger partial charge >= 0.3 is 0 Å². The number of hydrogen-bond acceptors (Lipinski definition) is 1. The summed E-state index contributed by atoms with van der Waals surface area (Å²) < 4.78 is 11.4. The number of rotatable bonds is 4. The van der Waals surface area contributed by atoms with Crippen molar-refractivity contribution in [3.63, 3.8) is 0 Å². The van der Waals surface area contributed by atoms with Gasteiger partial charge in [0.15, 0.2) is 6.49 Å². The van der Waals surface area contributed by atoms with Gasteiger partial charge in [0, 0.05) is 17.7 Å². The van der Waals surface area contributed by atoms with Crippen LogP contribution in [0.15, 0.2) is 0 Å². The topological polar surface area (TPSA) is 17.1 Å². The van der Waals surface area contributed by atoms with Crippen LogP contribution >= 0.6 is 33.7 Å². The molecule has 10 heavy (non-hydrogen) atoms. The zero-order valence-electron chi connectivity index (χ0n) is 6.31. The lowest BCUT2D eigenvalue weighted by atomic mass is 10.3. The SMILES string of the molecule is CC(C)CP(=O)(Cl)CCBr. The molecule has 1 atom stereocenters. The average molecular weight is 247 g/mol.